The van der Waals surface area contributed by atoms with Crippen LogP contribution in [0.5, 0.6) is 0 Å². The number of rotatable bonds is 5. The fourth-order valence-corrected chi connectivity index (χ4v) is 5.45. The van der Waals surface area contributed by atoms with E-state index in [0.717, 1.165) is 26.9 Å². The SMILES string of the molecule is O=C(Nc1ccc(SNc2ccccc2)s1)c1ccc2c(c1)CCCS2. The van der Waals surface area contributed by atoms with Crippen LogP contribution in [-0.4, -0.2) is 11.7 Å². The molecule has 2 N–H and O–H groups in total. The minimum atomic E-state index is -0.0437. The van der Waals surface area contributed by atoms with Gasteiger partial charge in [-0.2, -0.15) is 0 Å². The van der Waals surface area contributed by atoms with Crippen molar-refractivity contribution in [2.75, 3.05) is 15.8 Å². The fourth-order valence-electron chi connectivity index (χ4n) is 2.74. The maximum Gasteiger partial charge on any atom is 0.256 e. The molecule has 26 heavy (non-hydrogen) atoms. The average Bonchev–Trinajstić information content (AvgIpc) is 3.14. The summed E-state index contributed by atoms with van der Waals surface area (Å²) in [4.78, 5) is 13.9. The van der Waals surface area contributed by atoms with E-state index in [9.17, 15) is 4.79 Å². The molecule has 1 aliphatic heterocycles. The van der Waals surface area contributed by atoms with Crippen molar-refractivity contribution in [1.82, 2.24) is 0 Å². The third-order valence-electron chi connectivity index (χ3n) is 4.03. The Labute approximate surface area is 165 Å². The molecule has 0 radical (unpaired) electrons. The first-order valence-corrected chi connectivity index (χ1v) is 11.0. The van der Waals surface area contributed by atoms with Gasteiger partial charge >= 0.3 is 0 Å². The summed E-state index contributed by atoms with van der Waals surface area (Å²) in [6, 6.07) is 20.1. The molecule has 1 amide bonds. The van der Waals surface area contributed by atoms with Gasteiger partial charge in [0.1, 0.15) is 0 Å². The van der Waals surface area contributed by atoms with E-state index < -0.39 is 0 Å². The van der Waals surface area contributed by atoms with Gasteiger partial charge in [0, 0.05) is 16.1 Å². The molecule has 0 unspecified atom stereocenters. The quantitative estimate of drug-likeness (QED) is 0.505. The zero-order valence-electron chi connectivity index (χ0n) is 14.0. The monoisotopic (exact) mass is 398 g/mol. The van der Waals surface area contributed by atoms with Gasteiger partial charge in [0.05, 0.1) is 9.21 Å². The molecule has 0 saturated carbocycles. The summed E-state index contributed by atoms with van der Waals surface area (Å²) in [6.07, 6.45) is 2.25. The number of hydrogen-bond acceptors (Lipinski definition) is 5. The number of thiophene rings is 1. The normalized spacial score (nSPS) is 13.1. The van der Waals surface area contributed by atoms with E-state index in [4.69, 9.17) is 0 Å². The van der Waals surface area contributed by atoms with Gasteiger partial charge in [-0.1, -0.05) is 18.2 Å². The summed E-state index contributed by atoms with van der Waals surface area (Å²) in [6.45, 7) is 0. The molecule has 0 atom stereocenters. The van der Waals surface area contributed by atoms with Crippen LogP contribution in [0.25, 0.3) is 0 Å². The number of benzene rings is 2. The number of anilines is 2. The predicted octanol–water partition coefficient (Wildman–Crippen LogP) is 6.16. The minimum Gasteiger partial charge on any atom is -0.325 e. The first-order valence-electron chi connectivity index (χ1n) is 8.43. The number of fused-ring (bicyclic) bond motifs is 1. The van der Waals surface area contributed by atoms with Gasteiger partial charge in [-0.3, -0.25) is 4.79 Å². The highest BCUT2D eigenvalue weighted by Gasteiger charge is 2.14. The molecule has 0 fully saturated rings. The van der Waals surface area contributed by atoms with Crippen LogP contribution < -0.4 is 10.0 Å². The Morgan fingerprint density at radius 3 is 2.81 bits per heavy atom. The van der Waals surface area contributed by atoms with Crippen molar-refractivity contribution in [3.8, 4) is 0 Å². The lowest BCUT2D eigenvalue weighted by atomic mass is 10.1. The van der Waals surface area contributed by atoms with Crippen LogP contribution in [0, 0.1) is 0 Å². The predicted molar refractivity (Wildman–Crippen MR) is 114 cm³/mol. The number of nitrogens with one attached hydrogen (secondary N) is 2. The van der Waals surface area contributed by atoms with Crippen LogP contribution in [0.1, 0.15) is 22.3 Å². The molecule has 6 heteroatoms. The second-order valence-corrected chi connectivity index (χ2v) is 9.24. The highest BCUT2D eigenvalue weighted by Crippen LogP contribution is 2.33. The van der Waals surface area contributed by atoms with Crippen molar-refractivity contribution in [2.45, 2.75) is 21.9 Å². The van der Waals surface area contributed by atoms with E-state index in [2.05, 4.69) is 16.1 Å². The lowest BCUT2D eigenvalue weighted by Crippen LogP contribution is -2.12. The largest absolute Gasteiger partial charge is 0.325 e. The van der Waals surface area contributed by atoms with Gasteiger partial charge in [0.2, 0.25) is 0 Å². The van der Waals surface area contributed by atoms with Crippen molar-refractivity contribution in [3.63, 3.8) is 0 Å². The molecular weight excluding hydrogens is 380 g/mol. The van der Waals surface area contributed by atoms with Crippen molar-refractivity contribution in [1.29, 1.82) is 0 Å². The number of hydrogen-bond donors (Lipinski definition) is 2. The van der Waals surface area contributed by atoms with Crippen LogP contribution in [0.2, 0.25) is 0 Å². The number of thioether (sulfide) groups is 1. The molecule has 0 saturated heterocycles. The Morgan fingerprint density at radius 2 is 1.92 bits per heavy atom. The number of carbonyl (C=O) groups is 1. The van der Waals surface area contributed by atoms with Gasteiger partial charge in [0.15, 0.2) is 0 Å². The Hall–Kier alpha value is -1.89. The molecule has 2 heterocycles. The van der Waals surface area contributed by atoms with E-state index in [1.165, 1.54) is 22.6 Å². The molecule has 3 nitrogen and oxygen atoms in total. The van der Waals surface area contributed by atoms with Crippen LogP contribution in [-0.2, 0) is 6.42 Å². The smallest absolute Gasteiger partial charge is 0.256 e. The maximum absolute atomic E-state index is 12.6. The molecule has 0 spiro atoms. The average molecular weight is 399 g/mol. The second-order valence-electron chi connectivity index (χ2n) is 5.92. The molecule has 0 bridgehead atoms. The highest BCUT2D eigenvalue weighted by atomic mass is 32.2. The van der Waals surface area contributed by atoms with Gasteiger partial charge in [-0.15, -0.1) is 23.1 Å². The standard InChI is InChI=1S/C20H18N2OS3/c23-20(15-8-9-17-14(13-15)5-4-12-24-17)21-18-10-11-19(25-18)26-22-16-6-2-1-3-7-16/h1-3,6-11,13,22H,4-5,12H2,(H,21,23). The summed E-state index contributed by atoms with van der Waals surface area (Å²) in [5, 5.41) is 3.88. The van der Waals surface area contributed by atoms with Crippen LogP contribution in [0.4, 0.5) is 10.7 Å². The van der Waals surface area contributed by atoms with Gasteiger partial charge in [-0.05, 0) is 78.6 Å². The van der Waals surface area contributed by atoms with Gasteiger partial charge in [-0.25, -0.2) is 0 Å². The molecule has 1 aliphatic rings. The van der Waals surface area contributed by atoms with Gasteiger partial charge < -0.3 is 10.0 Å². The first kappa shape index (κ1) is 17.5. The Bertz CT molecular complexity index is 908. The number of carbonyl (C=O) groups excluding carboxylic acids is 1. The fraction of sp³-hybridized carbons (Fsp3) is 0.150. The lowest BCUT2D eigenvalue weighted by molar-refractivity contribution is 0.102. The third-order valence-corrected chi connectivity index (χ3v) is 7.20. The van der Waals surface area contributed by atoms with E-state index in [0.29, 0.717) is 0 Å². The van der Waals surface area contributed by atoms with Crippen LogP contribution >= 0.6 is 35.0 Å². The summed E-state index contributed by atoms with van der Waals surface area (Å²) in [5.41, 5.74) is 3.09. The second kappa shape index (κ2) is 8.20. The van der Waals surface area contributed by atoms with E-state index in [1.807, 2.05) is 66.4 Å². The van der Waals surface area contributed by atoms with E-state index in [1.54, 1.807) is 23.3 Å². The zero-order chi connectivity index (χ0) is 17.8. The third kappa shape index (κ3) is 4.26. The summed E-state index contributed by atoms with van der Waals surface area (Å²) >= 11 is 5.00. The minimum absolute atomic E-state index is 0.0437. The molecule has 132 valence electrons. The van der Waals surface area contributed by atoms with E-state index in [-0.39, 0.29) is 5.91 Å². The zero-order valence-corrected chi connectivity index (χ0v) is 16.5. The van der Waals surface area contributed by atoms with E-state index >= 15 is 0 Å². The van der Waals surface area contributed by atoms with Crippen LogP contribution in [0.15, 0.2) is 69.8 Å². The van der Waals surface area contributed by atoms with Crippen molar-refractivity contribution in [2.24, 2.45) is 0 Å². The molecule has 2 aromatic carbocycles. The van der Waals surface area contributed by atoms with Crippen molar-refractivity contribution in [3.05, 3.63) is 71.8 Å². The highest BCUT2D eigenvalue weighted by molar-refractivity contribution is 8.02. The topological polar surface area (TPSA) is 41.1 Å². The number of aryl methyl sites for hydroxylation is 1. The van der Waals surface area contributed by atoms with Crippen molar-refractivity contribution >= 4 is 51.6 Å². The molecule has 0 aliphatic carbocycles. The molecule has 4 rings (SSSR count). The molecule has 1 aromatic heterocycles. The number of para-hydroxylation sites is 1. The Balaban J connectivity index is 1.38. The molecule has 3 aromatic rings. The number of amides is 1. The maximum atomic E-state index is 12.6. The lowest BCUT2D eigenvalue weighted by Gasteiger charge is -2.15. The first-order chi connectivity index (χ1) is 12.8. The summed E-state index contributed by atoms with van der Waals surface area (Å²) in [7, 11) is 0. The van der Waals surface area contributed by atoms with Crippen LogP contribution in [0.3, 0.4) is 0 Å². The summed E-state index contributed by atoms with van der Waals surface area (Å²) in [5.74, 6) is 1.13. The van der Waals surface area contributed by atoms with Gasteiger partial charge in [0.25, 0.3) is 5.91 Å². The summed E-state index contributed by atoms with van der Waals surface area (Å²) < 4.78 is 4.41. The molecular formula is C20H18N2OS3. The Kier molecular flexibility index (Phi) is 5.53. The van der Waals surface area contributed by atoms with Crippen molar-refractivity contribution < 1.29 is 4.79 Å². The Morgan fingerprint density at radius 1 is 1.04 bits per heavy atom.